The number of aromatic amines is 1. The molecule has 0 saturated heterocycles. The molecule has 3 aromatic heterocycles. The number of rotatable bonds is 3. The van der Waals surface area contributed by atoms with Crippen LogP contribution in [0.5, 0.6) is 0 Å². The van der Waals surface area contributed by atoms with Gasteiger partial charge in [0.15, 0.2) is 5.82 Å². The molecule has 2 atom stereocenters. The predicted molar refractivity (Wildman–Crippen MR) is 111 cm³/mol. The number of hydrogen-bond acceptors (Lipinski definition) is 4. The first-order valence-corrected chi connectivity index (χ1v) is 11.0. The summed E-state index contributed by atoms with van der Waals surface area (Å²) in [7, 11) is 0. The van der Waals surface area contributed by atoms with Crippen LogP contribution in [0, 0.1) is 0 Å². The molecular weight excluding hydrogens is 398 g/mol. The fourth-order valence-electron chi connectivity index (χ4n) is 3.91. The van der Waals surface area contributed by atoms with Gasteiger partial charge in [-0.1, -0.05) is 17.7 Å². The molecule has 0 fully saturated rings. The molecule has 136 valence electrons. The van der Waals surface area contributed by atoms with Crippen LogP contribution in [0.3, 0.4) is 0 Å². The topological polar surface area (TPSA) is 50.2 Å². The fourth-order valence-corrected chi connectivity index (χ4v) is 5.90. The van der Waals surface area contributed by atoms with E-state index in [2.05, 4.69) is 33.9 Å². The molecule has 1 aromatic carbocycles. The van der Waals surface area contributed by atoms with Crippen molar-refractivity contribution in [2.24, 2.45) is 0 Å². The Morgan fingerprint density at radius 1 is 1.22 bits per heavy atom. The summed E-state index contributed by atoms with van der Waals surface area (Å²) in [6.07, 6.45) is 1.06. The second-order valence-electron chi connectivity index (χ2n) is 6.76. The van der Waals surface area contributed by atoms with Crippen LogP contribution in [0.2, 0.25) is 5.02 Å². The van der Waals surface area contributed by atoms with Gasteiger partial charge in [-0.2, -0.15) is 0 Å². The summed E-state index contributed by atoms with van der Waals surface area (Å²) >= 11 is 9.73. The van der Waals surface area contributed by atoms with E-state index in [4.69, 9.17) is 16.6 Å². The molecule has 0 radical (unpaired) electrons. The Morgan fingerprint density at radius 3 is 3.00 bits per heavy atom. The van der Waals surface area contributed by atoms with Crippen LogP contribution in [-0.4, -0.2) is 16.5 Å². The summed E-state index contributed by atoms with van der Waals surface area (Å²) in [5.74, 6) is 0.713. The maximum absolute atomic E-state index is 12.5. The highest BCUT2D eigenvalue weighted by atomic mass is 35.5. The normalized spacial score (nSPS) is 19.3. The van der Waals surface area contributed by atoms with E-state index in [1.54, 1.807) is 29.5 Å². The van der Waals surface area contributed by atoms with E-state index in [1.807, 2.05) is 11.3 Å². The zero-order valence-electron chi connectivity index (χ0n) is 14.4. The molecule has 1 aliphatic heterocycles. The van der Waals surface area contributed by atoms with Crippen LogP contribution in [0.4, 0.5) is 0 Å². The first-order valence-electron chi connectivity index (χ1n) is 8.82. The number of halogens is 1. The predicted octanol–water partition coefficient (Wildman–Crippen LogP) is 3.43. The second kappa shape index (κ2) is 6.87. The SMILES string of the molecule is O=c1[nH]c(C[NH+]2CCc3sccc3[C@@H]2c2cccs2)nc2cc(Cl)ccc12. The Hall–Kier alpha value is -1.99. The summed E-state index contributed by atoms with van der Waals surface area (Å²) in [6, 6.07) is 12.1. The molecule has 1 aliphatic rings. The van der Waals surface area contributed by atoms with Crippen LogP contribution in [0.1, 0.15) is 27.2 Å². The molecule has 5 rings (SSSR count). The largest absolute Gasteiger partial charge is 0.318 e. The van der Waals surface area contributed by atoms with Crippen LogP contribution >= 0.6 is 34.3 Å². The lowest BCUT2D eigenvalue weighted by Gasteiger charge is -2.31. The molecule has 0 bridgehead atoms. The van der Waals surface area contributed by atoms with Crippen LogP contribution in [-0.2, 0) is 13.0 Å². The standard InChI is InChI=1S/C20H16ClN3OS2/c21-12-3-4-13-15(10-12)22-18(23-20(13)25)11-24-7-5-16-14(6-9-27-16)19(24)17-2-1-8-26-17/h1-4,6,8-10,19H,5,7,11H2,(H,22,23,25)/p+1/t19-/m1/s1. The second-order valence-corrected chi connectivity index (χ2v) is 9.17. The third-order valence-corrected chi connectivity index (χ3v) is 7.28. The minimum atomic E-state index is -0.105. The Bertz CT molecular complexity index is 1170. The Labute approximate surface area is 169 Å². The molecule has 0 amide bonds. The summed E-state index contributed by atoms with van der Waals surface area (Å²) in [5.41, 5.74) is 1.96. The van der Waals surface area contributed by atoms with Crippen molar-refractivity contribution >= 4 is 45.2 Å². The molecule has 0 spiro atoms. The van der Waals surface area contributed by atoms with Crippen LogP contribution in [0.15, 0.2) is 52.0 Å². The molecule has 27 heavy (non-hydrogen) atoms. The van der Waals surface area contributed by atoms with Gasteiger partial charge in [0.25, 0.3) is 5.56 Å². The van der Waals surface area contributed by atoms with Gasteiger partial charge in [0.1, 0.15) is 12.6 Å². The highest BCUT2D eigenvalue weighted by Crippen LogP contribution is 2.31. The first kappa shape index (κ1) is 17.1. The fraction of sp³-hybridized carbons (Fsp3) is 0.200. The minimum Gasteiger partial charge on any atom is -0.318 e. The molecule has 4 aromatic rings. The average molecular weight is 415 g/mol. The first-order chi connectivity index (χ1) is 13.2. The van der Waals surface area contributed by atoms with Gasteiger partial charge in [-0.3, -0.25) is 4.79 Å². The number of fused-ring (bicyclic) bond motifs is 2. The van der Waals surface area contributed by atoms with Crippen LogP contribution < -0.4 is 10.5 Å². The van der Waals surface area contributed by atoms with E-state index in [9.17, 15) is 4.79 Å². The number of H-pyrrole nitrogens is 1. The van der Waals surface area contributed by atoms with Crippen LogP contribution in [0.25, 0.3) is 10.9 Å². The van der Waals surface area contributed by atoms with Crippen molar-refractivity contribution in [1.29, 1.82) is 0 Å². The zero-order chi connectivity index (χ0) is 18.4. The number of aromatic nitrogens is 2. The summed E-state index contributed by atoms with van der Waals surface area (Å²) < 4.78 is 0. The van der Waals surface area contributed by atoms with E-state index in [1.165, 1.54) is 20.2 Å². The van der Waals surface area contributed by atoms with Gasteiger partial charge >= 0.3 is 0 Å². The molecular formula is C20H17ClN3OS2+. The van der Waals surface area contributed by atoms with E-state index in [0.717, 1.165) is 13.0 Å². The van der Waals surface area contributed by atoms with Crippen molar-refractivity contribution < 1.29 is 4.90 Å². The third kappa shape index (κ3) is 3.12. The van der Waals surface area contributed by atoms with E-state index >= 15 is 0 Å². The number of quaternary nitrogens is 1. The molecule has 2 N–H and O–H groups in total. The van der Waals surface area contributed by atoms with Gasteiger partial charge < -0.3 is 9.88 Å². The van der Waals surface area contributed by atoms with Gasteiger partial charge in [0, 0.05) is 21.9 Å². The van der Waals surface area contributed by atoms with Crippen molar-refractivity contribution in [3.05, 3.63) is 83.7 Å². The lowest BCUT2D eigenvalue weighted by atomic mass is 9.98. The van der Waals surface area contributed by atoms with Gasteiger partial charge in [-0.25, -0.2) is 4.98 Å². The summed E-state index contributed by atoms with van der Waals surface area (Å²) in [4.78, 5) is 24.4. The van der Waals surface area contributed by atoms with Gasteiger partial charge in [0.2, 0.25) is 0 Å². The van der Waals surface area contributed by atoms with Crippen molar-refractivity contribution in [1.82, 2.24) is 9.97 Å². The lowest BCUT2D eigenvalue weighted by Crippen LogP contribution is -3.12. The minimum absolute atomic E-state index is 0.105. The van der Waals surface area contributed by atoms with Crippen molar-refractivity contribution in [3.8, 4) is 0 Å². The molecule has 4 nitrogen and oxygen atoms in total. The van der Waals surface area contributed by atoms with E-state index in [0.29, 0.717) is 34.3 Å². The number of nitrogens with one attached hydrogen (secondary N) is 2. The number of benzene rings is 1. The Morgan fingerprint density at radius 2 is 2.15 bits per heavy atom. The lowest BCUT2D eigenvalue weighted by molar-refractivity contribution is -0.941. The van der Waals surface area contributed by atoms with Crippen molar-refractivity contribution in [2.75, 3.05) is 6.54 Å². The quantitative estimate of drug-likeness (QED) is 0.539. The molecule has 4 heterocycles. The molecule has 7 heteroatoms. The number of nitrogens with zero attached hydrogens (tertiary/aromatic N) is 1. The third-order valence-electron chi connectivity index (χ3n) is 5.11. The number of hydrogen-bond donors (Lipinski definition) is 2. The maximum atomic E-state index is 12.5. The maximum Gasteiger partial charge on any atom is 0.258 e. The Kier molecular flexibility index (Phi) is 4.36. The van der Waals surface area contributed by atoms with Gasteiger partial charge in [0.05, 0.1) is 22.3 Å². The zero-order valence-corrected chi connectivity index (χ0v) is 16.8. The van der Waals surface area contributed by atoms with Gasteiger partial charge in [-0.05, 0) is 41.1 Å². The van der Waals surface area contributed by atoms with Crippen molar-refractivity contribution in [3.63, 3.8) is 0 Å². The van der Waals surface area contributed by atoms with E-state index < -0.39 is 0 Å². The Balaban J connectivity index is 1.55. The summed E-state index contributed by atoms with van der Waals surface area (Å²) in [6.45, 7) is 1.70. The van der Waals surface area contributed by atoms with Crippen molar-refractivity contribution in [2.45, 2.75) is 19.0 Å². The highest BCUT2D eigenvalue weighted by molar-refractivity contribution is 7.10. The molecule has 1 unspecified atom stereocenters. The highest BCUT2D eigenvalue weighted by Gasteiger charge is 2.34. The monoisotopic (exact) mass is 414 g/mol. The smallest absolute Gasteiger partial charge is 0.258 e. The summed E-state index contributed by atoms with van der Waals surface area (Å²) in [5, 5.41) is 5.49. The average Bonchev–Trinajstić information content (AvgIpc) is 3.33. The molecule has 0 aliphatic carbocycles. The molecule has 0 saturated carbocycles. The van der Waals surface area contributed by atoms with E-state index in [-0.39, 0.29) is 5.56 Å². The number of thiophene rings is 2. The van der Waals surface area contributed by atoms with Gasteiger partial charge in [-0.15, -0.1) is 22.7 Å².